The highest BCUT2D eigenvalue weighted by Crippen LogP contribution is 2.17. The van der Waals surface area contributed by atoms with E-state index in [1.54, 1.807) is 6.07 Å². The molecule has 0 spiro atoms. The van der Waals surface area contributed by atoms with Gasteiger partial charge in [0.05, 0.1) is 10.9 Å². The summed E-state index contributed by atoms with van der Waals surface area (Å²) >= 11 is 0. The number of hydrogen-bond donors (Lipinski definition) is 1. The van der Waals surface area contributed by atoms with E-state index in [0.717, 1.165) is 16.9 Å². The molecule has 1 heterocycles. The first-order valence-electron chi connectivity index (χ1n) is 6.81. The van der Waals surface area contributed by atoms with Crippen molar-refractivity contribution >= 4 is 10.9 Å². The van der Waals surface area contributed by atoms with Gasteiger partial charge in [-0.15, -0.1) is 0 Å². The SMILES string of the molecule is Cc1cc(C)cc(OCc2nc3ccccc3c(=O)[nH]2)c1. The Morgan fingerprint density at radius 3 is 2.57 bits per heavy atom. The topological polar surface area (TPSA) is 55.0 Å². The van der Waals surface area contributed by atoms with Crippen molar-refractivity contribution in [3.8, 4) is 5.75 Å². The number of aromatic amines is 1. The van der Waals surface area contributed by atoms with Crippen molar-refractivity contribution in [1.29, 1.82) is 0 Å². The van der Waals surface area contributed by atoms with Crippen LogP contribution in [0.1, 0.15) is 17.0 Å². The van der Waals surface area contributed by atoms with Gasteiger partial charge in [-0.05, 0) is 49.2 Å². The molecule has 1 N–H and O–H groups in total. The Labute approximate surface area is 122 Å². The maximum atomic E-state index is 12.0. The Kier molecular flexibility index (Phi) is 3.44. The van der Waals surface area contributed by atoms with Gasteiger partial charge in [-0.3, -0.25) is 4.79 Å². The van der Waals surface area contributed by atoms with Gasteiger partial charge in [0.1, 0.15) is 18.2 Å². The van der Waals surface area contributed by atoms with Gasteiger partial charge in [0, 0.05) is 0 Å². The number of benzene rings is 2. The Balaban J connectivity index is 1.86. The van der Waals surface area contributed by atoms with Crippen LogP contribution in [0.4, 0.5) is 0 Å². The van der Waals surface area contributed by atoms with Gasteiger partial charge in [-0.1, -0.05) is 18.2 Å². The van der Waals surface area contributed by atoms with E-state index in [9.17, 15) is 4.79 Å². The molecule has 3 rings (SSSR count). The molecule has 1 aromatic heterocycles. The lowest BCUT2D eigenvalue weighted by atomic mass is 10.1. The summed E-state index contributed by atoms with van der Waals surface area (Å²) < 4.78 is 5.72. The lowest BCUT2D eigenvalue weighted by Crippen LogP contribution is -2.13. The summed E-state index contributed by atoms with van der Waals surface area (Å²) in [5.41, 5.74) is 2.83. The van der Waals surface area contributed by atoms with Crippen LogP contribution in [0.15, 0.2) is 47.3 Å². The third kappa shape index (κ3) is 2.94. The normalized spacial score (nSPS) is 10.8. The van der Waals surface area contributed by atoms with Crippen LogP contribution in [0.3, 0.4) is 0 Å². The predicted molar refractivity (Wildman–Crippen MR) is 82.6 cm³/mol. The molecule has 106 valence electrons. The van der Waals surface area contributed by atoms with E-state index in [-0.39, 0.29) is 12.2 Å². The largest absolute Gasteiger partial charge is 0.486 e. The number of fused-ring (bicyclic) bond motifs is 1. The van der Waals surface area contributed by atoms with E-state index < -0.39 is 0 Å². The average Bonchev–Trinajstić information content (AvgIpc) is 2.44. The monoisotopic (exact) mass is 280 g/mol. The molecular weight excluding hydrogens is 264 g/mol. The molecule has 0 unspecified atom stereocenters. The molecule has 0 saturated carbocycles. The van der Waals surface area contributed by atoms with Crippen molar-refractivity contribution in [2.45, 2.75) is 20.5 Å². The molecule has 4 heteroatoms. The second-order valence-corrected chi connectivity index (χ2v) is 5.14. The van der Waals surface area contributed by atoms with Gasteiger partial charge in [-0.25, -0.2) is 4.98 Å². The number of nitrogens with zero attached hydrogens (tertiary/aromatic N) is 1. The van der Waals surface area contributed by atoms with E-state index in [0.29, 0.717) is 16.7 Å². The van der Waals surface area contributed by atoms with Gasteiger partial charge in [0.2, 0.25) is 0 Å². The first-order valence-corrected chi connectivity index (χ1v) is 6.81. The van der Waals surface area contributed by atoms with Gasteiger partial charge in [0.15, 0.2) is 0 Å². The van der Waals surface area contributed by atoms with Crippen LogP contribution in [-0.2, 0) is 6.61 Å². The average molecular weight is 280 g/mol. The number of rotatable bonds is 3. The number of H-pyrrole nitrogens is 1. The van der Waals surface area contributed by atoms with Crippen LogP contribution in [-0.4, -0.2) is 9.97 Å². The number of ether oxygens (including phenoxy) is 1. The lowest BCUT2D eigenvalue weighted by Gasteiger charge is -2.08. The van der Waals surface area contributed by atoms with Crippen LogP contribution < -0.4 is 10.3 Å². The fraction of sp³-hybridized carbons (Fsp3) is 0.176. The molecule has 0 amide bonds. The molecule has 3 aromatic rings. The quantitative estimate of drug-likeness (QED) is 0.802. The predicted octanol–water partition coefficient (Wildman–Crippen LogP) is 3.12. The zero-order valence-corrected chi connectivity index (χ0v) is 12.0. The minimum atomic E-state index is -0.139. The first kappa shape index (κ1) is 13.4. The Morgan fingerprint density at radius 1 is 1.10 bits per heavy atom. The van der Waals surface area contributed by atoms with Gasteiger partial charge in [-0.2, -0.15) is 0 Å². The molecule has 0 fully saturated rings. The van der Waals surface area contributed by atoms with Crippen molar-refractivity contribution in [3.05, 3.63) is 69.8 Å². The molecule has 0 atom stereocenters. The molecule has 0 radical (unpaired) electrons. The van der Waals surface area contributed by atoms with Gasteiger partial charge in [0.25, 0.3) is 5.56 Å². The van der Waals surface area contributed by atoms with E-state index in [1.165, 1.54) is 0 Å². The minimum absolute atomic E-state index is 0.139. The number of hydrogen-bond acceptors (Lipinski definition) is 3. The van der Waals surface area contributed by atoms with Gasteiger partial charge < -0.3 is 9.72 Å². The minimum Gasteiger partial charge on any atom is -0.486 e. The molecule has 0 aliphatic carbocycles. The first-order chi connectivity index (χ1) is 10.1. The third-order valence-corrected chi connectivity index (χ3v) is 3.23. The Bertz CT molecular complexity index is 833. The highest BCUT2D eigenvalue weighted by atomic mass is 16.5. The van der Waals surface area contributed by atoms with Crippen molar-refractivity contribution in [1.82, 2.24) is 9.97 Å². The van der Waals surface area contributed by atoms with Gasteiger partial charge >= 0.3 is 0 Å². The number of aryl methyl sites for hydroxylation is 2. The van der Waals surface area contributed by atoms with Crippen LogP contribution in [0, 0.1) is 13.8 Å². The number of para-hydroxylation sites is 1. The van der Waals surface area contributed by atoms with Crippen molar-refractivity contribution < 1.29 is 4.74 Å². The highest BCUT2D eigenvalue weighted by molar-refractivity contribution is 5.77. The third-order valence-electron chi connectivity index (χ3n) is 3.23. The fourth-order valence-corrected chi connectivity index (χ4v) is 2.37. The summed E-state index contributed by atoms with van der Waals surface area (Å²) in [5, 5.41) is 0.590. The van der Waals surface area contributed by atoms with Crippen molar-refractivity contribution in [2.24, 2.45) is 0 Å². The van der Waals surface area contributed by atoms with Crippen LogP contribution >= 0.6 is 0 Å². The van der Waals surface area contributed by atoms with Crippen LogP contribution in [0.5, 0.6) is 5.75 Å². The molecular formula is C17H16N2O2. The van der Waals surface area contributed by atoms with Crippen LogP contribution in [0.2, 0.25) is 0 Å². The second kappa shape index (κ2) is 5.40. The second-order valence-electron chi connectivity index (χ2n) is 5.14. The zero-order valence-electron chi connectivity index (χ0n) is 12.0. The van der Waals surface area contributed by atoms with E-state index in [1.807, 2.05) is 44.2 Å². The lowest BCUT2D eigenvalue weighted by molar-refractivity contribution is 0.295. The fourth-order valence-electron chi connectivity index (χ4n) is 2.37. The summed E-state index contributed by atoms with van der Waals surface area (Å²) in [6.45, 7) is 4.29. The summed E-state index contributed by atoms with van der Waals surface area (Å²) in [4.78, 5) is 19.1. The number of aromatic nitrogens is 2. The summed E-state index contributed by atoms with van der Waals surface area (Å²) in [6.07, 6.45) is 0. The summed E-state index contributed by atoms with van der Waals surface area (Å²) in [7, 11) is 0. The summed E-state index contributed by atoms with van der Waals surface area (Å²) in [5.74, 6) is 1.31. The van der Waals surface area contributed by atoms with E-state index >= 15 is 0 Å². The standard InChI is InChI=1S/C17H16N2O2/c1-11-7-12(2)9-13(8-11)21-10-16-18-15-6-4-3-5-14(15)17(20)19-16/h3-9H,10H2,1-2H3,(H,18,19,20). The molecule has 0 bridgehead atoms. The Morgan fingerprint density at radius 2 is 1.81 bits per heavy atom. The van der Waals surface area contributed by atoms with Crippen molar-refractivity contribution in [3.63, 3.8) is 0 Å². The summed E-state index contributed by atoms with van der Waals surface area (Å²) in [6, 6.07) is 13.3. The molecule has 0 aliphatic heterocycles. The Hall–Kier alpha value is -2.62. The molecule has 0 aliphatic rings. The number of nitrogens with one attached hydrogen (secondary N) is 1. The molecule has 0 saturated heterocycles. The zero-order chi connectivity index (χ0) is 14.8. The molecule has 21 heavy (non-hydrogen) atoms. The molecule has 4 nitrogen and oxygen atoms in total. The van der Waals surface area contributed by atoms with Crippen molar-refractivity contribution in [2.75, 3.05) is 0 Å². The van der Waals surface area contributed by atoms with E-state index in [2.05, 4.69) is 16.0 Å². The smallest absolute Gasteiger partial charge is 0.258 e. The maximum Gasteiger partial charge on any atom is 0.258 e. The highest BCUT2D eigenvalue weighted by Gasteiger charge is 2.04. The van der Waals surface area contributed by atoms with E-state index in [4.69, 9.17) is 4.74 Å². The maximum absolute atomic E-state index is 12.0. The molecule has 2 aromatic carbocycles. The van der Waals surface area contributed by atoms with Crippen LogP contribution in [0.25, 0.3) is 10.9 Å².